The molecule has 0 atom stereocenters. The molecule has 0 amide bonds. The molecule has 0 aliphatic rings. The third kappa shape index (κ3) is 5.40. The van der Waals surface area contributed by atoms with E-state index in [1.807, 2.05) is 0 Å². The van der Waals surface area contributed by atoms with E-state index in [9.17, 15) is 19.0 Å². The molecule has 2 N–H and O–H groups in total. The van der Waals surface area contributed by atoms with Crippen LogP contribution >= 0.6 is 0 Å². The lowest BCUT2D eigenvalue weighted by Crippen LogP contribution is -2.15. The van der Waals surface area contributed by atoms with Crippen molar-refractivity contribution >= 4 is 0 Å². The molecule has 0 fully saturated rings. The minimum atomic E-state index is -1.26. The highest BCUT2D eigenvalue weighted by Crippen LogP contribution is 2.14. The highest BCUT2D eigenvalue weighted by molar-refractivity contribution is 5.51. The van der Waals surface area contributed by atoms with Crippen LogP contribution in [0.4, 0.5) is 8.78 Å². The highest BCUT2D eigenvalue weighted by Gasteiger charge is 2.11. The van der Waals surface area contributed by atoms with Crippen LogP contribution in [0, 0.1) is 35.3 Å². The quantitative estimate of drug-likeness (QED) is 0.714. The topological polar surface area (TPSA) is 40.5 Å². The molecular weight excluding hydrogens is 262 g/mol. The second-order valence-electron chi connectivity index (χ2n) is 5.43. The van der Waals surface area contributed by atoms with Crippen LogP contribution in [0.25, 0.3) is 0 Å². The van der Waals surface area contributed by atoms with Crippen molar-refractivity contribution in [2.75, 3.05) is 0 Å². The summed E-state index contributed by atoms with van der Waals surface area (Å²) < 4.78 is 26.5. The predicted molar refractivity (Wildman–Crippen MR) is 72.7 cm³/mol. The molecule has 106 valence electrons. The number of halogens is 2. The summed E-state index contributed by atoms with van der Waals surface area (Å²) in [5.41, 5.74) is -2.21. The van der Waals surface area contributed by atoms with Crippen LogP contribution in [0.3, 0.4) is 0 Å². The van der Waals surface area contributed by atoms with Gasteiger partial charge in [0.05, 0.1) is 0 Å². The Morgan fingerprint density at radius 1 is 0.800 bits per heavy atom. The Balaban J connectivity index is 3.37. The normalized spacial score (nSPS) is 11.2. The first-order valence-corrected chi connectivity index (χ1v) is 5.98. The van der Waals surface area contributed by atoms with Gasteiger partial charge in [0.25, 0.3) is 0 Å². The SMILES string of the molecule is CC(C)(O)C#Cc1cc(F)c(F)cc1C#CC(C)(C)O. The average molecular weight is 278 g/mol. The van der Waals surface area contributed by atoms with Crippen molar-refractivity contribution in [3.8, 4) is 23.7 Å². The van der Waals surface area contributed by atoms with Crippen LogP contribution in [0.2, 0.25) is 0 Å². The Hall–Kier alpha value is -1.88. The van der Waals surface area contributed by atoms with E-state index in [1.165, 1.54) is 27.7 Å². The van der Waals surface area contributed by atoms with Crippen molar-refractivity contribution < 1.29 is 19.0 Å². The molecule has 1 aromatic carbocycles. The third-order valence-corrected chi connectivity index (χ3v) is 2.07. The van der Waals surface area contributed by atoms with Gasteiger partial charge in [-0.1, -0.05) is 23.7 Å². The average Bonchev–Trinajstić information content (AvgIpc) is 2.26. The maximum absolute atomic E-state index is 13.3. The van der Waals surface area contributed by atoms with Crippen LogP contribution in [-0.4, -0.2) is 21.4 Å². The number of benzene rings is 1. The molecule has 0 aromatic heterocycles. The second kappa shape index (κ2) is 5.63. The van der Waals surface area contributed by atoms with Crippen LogP contribution in [-0.2, 0) is 0 Å². The molecule has 2 nitrogen and oxygen atoms in total. The van der Waals surface area contributed by atoms with Crippen molar-refractivity contribution in [3.63, 3.8) is 0 Å². The first-order valence-electron chi connectivity index (χ1n) is 5.98. The molecule has 0 saturated carbocycles. The van der Waals surface area contributed by atoms with E-state index in [0.717, 1.165) is 12.1 Å². The van der Waals surface area contributed by atoms with E-state index >= 15 is 0 Å². The van der Waals surface area contributed by atoms with Crippen molar-refractivity contribution in [2.24, 2.45) is 0 Å². The van der Waals surface area contributed by atoms with E-state index in [1.54, 1.807) is 0 Å². The lowest BCUT2D eigenvalue weighted by molar-refractivity contribution is 0.143. The van der Waals surface area contributed by atoms with Gasteiger partial charge < -0.3 is 10.2 Å². The van der Waals surface area contributed by atoms with Gasteiger partial charge >= 0.3 is 0 Å². The van der Waals surface area contributed by atoms with Crippen LogP contribution < -0.4 is 0 Å². The zero-order chi connectivity index (χ0) is 15.6. The fourth-order valence-electron chi connectivity index (χ4n) is 1.19. The molecule has 0 unspecified atom stereocenters. The summed E-state index contributed by atoms with van der Waals surface area (Å²) in [7, 11) is 0. The van der Waals surface area contributed by atoms with Gasteiger partial charge in [-0.05, 0) is 39.8 Å². The molecule has 0 radical (unpaired) electrons. The van der Waals surface area contributed by atoms with Crippen molar-refractivity contribution in [1.82, 2.24) is 0 Å². The standard InChI is InChI=1S/C16H16F2O2/c1-15(2,19)7-5-11-9-13(17)14(18)10-12(11)6-8-16(3,4)20/h9-10,19-20H,1-4H3. The number of aliphatic hydroxyl groups is 2. The molecule has 4 heteroatoms. The summed E-state index contributed by atoms with van der Waals surface area (Å²) in [6.45, 7) is 5.90. The molecule has 0 spiro atoms. The third-order valence-electron chi connectivity index (χ3n) is 2.07. The lowest BCUT2D eigenvalue weighted by atomic mass is 10.0. The predicted octanol–water partition coefficient (Wildman–Crippen LogP) is 2.21. The largest absolute Gasteiger partial charge is 0.378 e. The minimum Gasteiger partial charge on any atom is -0.378 e. The molecule has 0 bridgehead atoms. The first-order chi connectivity index (χ1) is 8.98. The Morgan fingerprint density at radius 3 is 1.35 bits per heavy atom. The van der Waals surface area contributed by atoms with E-state index in [0.29, 0.717) is 0 Å². The zero-order valence-corrected chi connectivity index (χ0v) is 11.8. The summed E-state index contributed by atoms with van der Waals surface area (Å²) >= 11 is 0. The smallest absolute Gasteiger partial charge is 0.160 e. The molecule has 20 heavy (non-hydrogen) atoms. The van der Waals surface area contributed by atoms with Crippen LogP contribution in [0.15, 0.2) is 12.1 Å². The monoisotopic (exact) mass is 278 g/mol. The van der Waals surface area contributed by atoms with Crippen molar-refractivity contribution in [1.29, 1.82) is 0 Å². The molecule has 1 aromatic rings. The fourth-order valence-corrected chi connectivity index (χ4v) is 1.19. The van der Waals surface area contributed by atoms with Crippen LogP contribution in [0.5, 0.6) is 0 Å². The Bertz CT molecular complexity index is 570. The van der Waals surface area contributed by atoms with Crippen molar-refractivity contribution in [2.45, 2.75) is 38.9 Å². The van der Waals surface area contributed by atoms with E-state index in [4.69, 9.17) is 0 Å². The zero-order valence-electron chi connectivity index (χ0n) is 11.8. The summed E-state index contributed by atoms with van der Waals surface area (Å²) in [4.78, 5) is 0. The van der Waals surface area contributed by atoms with Gasteiger partial charge in [-0.25, -0.2) is 8.78 Å². The highest BCUT2D eigenvalue weighted by atomic mass is 19.2. The second-order valence-corrected chi connectivity index (χ2v) is 5.43. The Morgan fingerprint density at radius 2 is 1.10 bits per heavy atom. The van der Waals surface area contributed by atoms with Crippen LogP contribution in [0.1, 0.15) is 38.8 Å². The van der Waals surface area contributed by atoms with Gasteiger partial charge in [-0.2, -0.15) is 0 Å². The summed E-state index contributed by atoms with van der Waals surface area (Å²) in [5.74, 6) is 8.07. The number of hydrogen-bond donors (Lipinski definition) is 2. The molecule has 0 heterocycles. The lowest BCUT2D eigenvalue weighted by Gasteiger charge is -2.08. The maximum Gasteiger partial charge on any atom is 0.160 e. The maximum atomic E-state index is 13.3. The van der Waals surface area contributed by atoms with Crippen molar-refractivity contribution in [3.05, 3.63) is 34.9 Å². The van der Waals surface area contributed by atoms with Gasteiger partial charge in [0.2, 0.25) is 0 Å². The fraction of sp³-hybridized carbons (Fsp3) is 0.375. The molecule has 1 rings (SSSR count). The minimum absolute atomic E-state index is 0.155. The van der Waals surface area contributed by atoms with Gasteiger partial charge in [0.15, 0.2) is 11.6 Å². The summed E-state index contributed by atoms with van der Waals surface area (Å²) in [6.07, 6.45) is 0. The first kappa shape index (κ1) is 16.2. The summed E-state index contributed by atoms with van der Waals surface area (Å²) in [5, 5.41) is 19.1. The number of rotatable bonds is 0. The van der Waals surface area contributed by atoms with E-state index in [-0.39, 0.29) is 11.1 Å². The molecular formula is C16H16F2O2. The number of hydrogen-bond acceptors (Lipinski definition) is 2. The Kier molecular flexibility index (Phi) is 4.55. The molecule has 0 aliphatic carbocycles. The van der Waals surface area contributed by atoms with E-state index < -0.39 is 22.8 Å². The van der Waals surface area contributed by atoms with E-state index in [2.05, 4.69) is 23.7 Å². The molecule has 0 saturated heterocycles. The van der Waals surface area contributed by atoms with Gasteiger partial charge in [0, 0.05) is 11.1 Å². The van der Waals surface area contributed by atoms with Gasteiger partial charge in [0.1, 0.15) is 11.2 Å². The van der Waals surface area contributed by atoms with Gasteiger partial charge in [-0.15, -0.1) is 0 Å². The Labute approximate surface area is 117 Å². The summed E-state index contributed by atoms with van der Waals surface area (Å²) in [6, 6.07) is 1.84. The molecule has 0 aliphatic heterocycles. The van der Waals surface area contributed by atoms with Gasteiger partial charge in [-0.3, -0.25) is 0 Å².